The van der Waals surface area contributed by atoms with E-state index < -0.39 is 0 Å². The largest absolute Gasteiger partial charge is 0.356 e. The molecule has 0 saturated heterocycles. The number of nitrogens with one attached hydrogen (secondary N) is 2. The van der Waals surface area contributed by atoms with Crippen LogP contribution < -0.4 is 10.6 Å². The van der Waals surface area contributed by atoms with E-state index in [0.29, 0.717) is 6.42 Å². The van der Waals surface area contributed by atoms with Gasteiger partial charge in [0, 0.05) is 13.0 Å². The van der Waals surface area contributed by atoms with E-state index in [1.807, 2.05) is 20.9 Å². The number of carbonyl (C=O) groups is 1. The normalized spacial score (nSPS) is 8.86. The fraction of sp³-hybridized carbons (Fsp3) is 0.909. The summed E-state index contributed by atoms with van der Waals surface area (Å²) in [5, 5.41) is 5.89. The zero-order chi connectivity index (χ0) is 11.2. The topological polar surface area (TPSA) is 41.1 Å². The Bertz CT molecular complexity index is 104. The highest BCUT2D eigenvalue weighted by atomic mass is 16.1. The summed E-state index contributed by atoms with van der Waals surface area (Å²) in [5.41, 5.74) is 0. The van der Waals surface area contributed by atoms with Crippen molar-refractivity contribution in [2.45, 2.75) is 46.5 Å². The summed E-state index contributed by atoms with van der Waals surface area (Å²) < 4.78 is 0. The molecule has 0 saturated carbocycles. The van der Waals surface area contributed by atoms with E-state index in [1.54, 1.807) is 0 Å². The van der Waals surface area contributed by atoms with Gasteiger partial charge in [0.1, 0.15) is 0 Å². The van der Waals surface area contributed by atoms with Crippen molar-refractivity contribution in [3.8, 4) is 0 Å². The van der Waals surface area contributed by atoms with Crippen molar-refractivity contribution < 1.29 is 4.79 Å². The van der Waals surface area contributed by atoms with E-state index in [9.17, 15) is 4.79 Å². The zero-order valence-corrected chi connectivity index (χ0v) is 10.2. The van der Waals surface area contributed by atoms with Gasteiger partial charge in [-0.2, -0.15) is 0 Å². The van der Waals surface area contributed by atoms with Crippen LogP contribution in [0, 0.1) is 0 Å². The predicted octanol–water partition coefficient (Wildman–Crippen LogP) is 1.93. The zero-order valence-electron chi connectivity index (χ0n) is 10.2. The number of rotatable bonds is 7. The molecular weight excluding hydrogens is 176 g/mol. The SMILES string of the molecule is CC.CCCCNC(=O)CCCNC. The fourth-order valence-electron chi connectivity index (χ4n) is 0.919. The highest BCUT2D eigenvalue weighted by Crippen LogP contribution is 1.88. The molecule has 0 aromatic rings. The molecule has 0 rings (SSSR count). The Morgan fingerprint density at radius 1 is 1.14 bits per heavy atom. The molecule has 3 nitrogen and oxygen atoms in total. The molecule has 0 aliphatic heterocycles. The number of amides is 1. The molecule has 0 aliphatic rings. The average molecular weight is 202 g/mol. The monoisotopic (exact) mass is 202 g/mol. The van der Waals surface area contributed by atoms with Crippen molar-refractivity contribution in [2.24, 2.45) is 0 Å². The van der Waals surface area contributed by atoms with Gasteiger partial charge in [-0.25, -0.2) is 0 Å². The Morgan fingerprint density at radius 2 is 1.79 bits per heavy atom. The molecule has 0 unspecified atom stereocenters. The lowest BCUT2D eigenvalue weighted by atomic mass is 10.3. The van der Waals surface area contributed by atoms with Crippen molar-refractivity contribution in [2.75, 3.05) is 20.1 Å². The lowest BCUT2D eigenvalue weighted by molar-refractivity contribution is -0.121. The molecule has 0 aromatic heterocycles. The number of unbranched alkanes of at least 4 members (excludes halogenated alkanes) is 1. The molecule has 1 amide bonds. The maximum atomic E-state index is 11.1. The Balaban J connectivity index is 0. The third kappa shape index (κ3) is 14.0. The van der Waals surface area contributed by atoms with Gasteiger partial charge in [0.25, 0.3) is 0 Å². The van der Waals surface area contributed by atoms with Crippen LogP contribution >= 0.6 is 0 Å². The summed E-state index contributed by atoms with van der Waals surface area (Å²) in [6.07, 6.45) is 3.79. The smallest absolute Gasteiger partial charge is 0.220 e. The van der Waals surface area contributed by atoms with Crippen LogP contribution in [0.2, 0.25) is 0 Å². The Hall–Kier alpha value is -0.570. The van der Waals surface area contributed by atoms with Crippen LogP contribution in [0.5, 0.6) is 0 Å². The number of hydrogen-bond donors (Lipinski definition) is 2. The first-order valence-electron chi connectivity index (χ1n) is 5.72. The second-order valence-electron chi connectivity index (χ2n) is 2.91. The molecule has 0 atom stereocenters. The van der Waals surface area contributed by atoms with Gasteiger partial charge in [-0.1, -0.05) is 27.2 Å². The minimum absolute atomic E-state index is 0.179. The summed E-state index contributed by atoms with van der Waals surface area (Å²) in [5.74, 6) is 0.179. The molecule has 0 spiro atoms. The number of carbonyl (C=O) groups excluding carboxylic acids is 1. The van der Waals surface area contributed by atoms with Crippen molar-refractivity contribution in [3.63, 3.8) is 0 Å². The van der Waals surface area contributed by atoms with E-state index in [1.165, 1.54) is 0 Å². The van der Waals surface area contributed by atoms with E-state index >= 15 is 0 Å². The van der Waals surface area contributed by atoms with Crippen LogP contribution in [0.15, 0.2) is 0 Å². The lowest BCUT2D eigenvalue weighted by Crippen LogP contribution is -2.24. The Labute approximate surface area is 88.7 Å². The second kappa shape index (κ2) is 14.9. The Kier molecular flexibility index (Phi) is 16.9. The molecule has 0 aromatic carbocycles. The molecule has 0 bridgehead atoms. The van der Waals surface area contributed by atoms with E-state index in [0.717, 1.165) is 32.4 Å². The molecule has 0 radical (unpaired) electrons. The van der Waals surface area contributed by atoms with E-state index in [2.05, 4.69) is 17.6 Å². The first-order chi connectivity index (χ1) is 6.81. The fourth-order valence-corrected chi connectivity index (χ4v) is 0.919. The maximum Gasteiger partial charge on any atom is 0.220 e. The van der Waals surface area contributed by atoms with Gasteiger partial charge in [-0.3, -0.25) is 4.79 Å². The molecule has 0 fully saturated rings. The molecule has 86 valence electrons. The van der Waals surface area contributed by atoms with Crippen LogP contribution in [-0.2, 0) is 4.79 Å². The third-order valence-corrected chi connectivity index (χ3v) is 1.68. The summed E-state index contributed by atoms with van der Waals surface area (Å²) in [4.78, 5) is 11.1. The van der Waals surface area contributed by atoms with Gasteiger partial charge in [0.2, 0.25) is 5.91 Å². The van der Waals surface area contributed by atoms with Crippen molar-refractivity contribution in [1.29, 1.82) is 0 Å². The maximum absolute atomic E-state index is 11.1. The van der Waals surface area contributed by atoms with Crippen molar-refractivity contribution >= 4 is 5.91 Å². The molecule has 0 heterocycles. The van der Waals surface area contributed by atoms with Gasteiger partial charge in [-0.15, -0.1) is 0 Å². The lowest BCUT2D eigenvalue weighted by Gasteiger charge is -2.03. The van der Waals surface area contributed by atoms with E-state index in [-0.39, 0.29) is 5.91 Å². The number of hydrogen-bond acceptors (Lipinski definition) is 2. The average Bonchev–Trinajstić information content (AvgIpc) is 2.22. The van der Waals surface area contributed by atoms with Crippen LogP contribution in [0.4, 0.5) is 0 Å². The minimum Gasteiger partial charge on any atom is -0.356 e. The van der Waals surface area contributed by atoms with Crippen LogP contribution in [0.1, 0.15) is 46.5 Å². The Morgan fingerprint density at radius 3 is 2.29 bits per heavy atom. The summed E-state index contributed by atoms with van der Waals surface area (Å²) in [6.45, 7) is 7.86. The van der Waals surface area contributed by atoms with Gasteiger partial charge < -0.3 is 10.6 Å². The third-order valence-electron chi connectivity index (χ3n) is 1.68. The summed E-state index contributed by atoms with van der Waals surface area (Å²) in [7, 11) is 1.90. The molecule has 3 heteroatoms. The molecule has 2 N–H and O–H groups in total. The van der Waals surface area contributed by atoms with Crippen molar-refractivity contribution in [3.05, 3.63) is 0 Å². The standard InChI is InChI=1S/C9H20N2O.C2H6/c1-3-4-8-11-9(12)6-5-7-10-2;1-2/h10H,3-8H2,1-2H3,(H,11,12);1-2H3. The van der Waals surface area contributed by atoms with Crippen LogP contribution in [0.3, 0.4) is 0 Å². The molecule has 14 heavy (non-hydrogen) atoms. The van der Waals surface area contributed by atoms with E-state index in [4.69, 9.17) is 0 Å². The minimum atomic E-state index is 0.179. The highest BCUT2D eigenvalue weighted by molar-refractivity contribution is 5.75. The van der Waals surface area contributed by atoms with Crippen molar-refractivity contribution in [1.82, 2.24) is 10.6 Å². The van der Waals surface area contributed by atoms with Gasteiger partial charge >= 0.3 is 0 Å². The summed E-state index contributed by atoms with van der Waals surface area (Å²) >= 11 is 0. The first kappa shape index (κ1) is 15.9. The van der Waals surface area contributed by atoms with Gasteiger partial charge in [0.15, 0.2) is 0 Å². The summed E-state index contributed by atoms with van der Waals surface area (Å²) in [6, 6.07) is 0. The quantitative estimate of drug-likeness (QED) is 0.619. The molecule has 0 aliphatic carbocycles. The van der Waals surface area contributed by atoms with Gasteiger partial charge in [-0.05, 0) is 26.4 Å². The highest BCUT2D eigenvalue weighted by Gasteiger charge is 1.97. The predicted molar refractivity (Wildman–Crippen MR) is 62.4 cm³/mol. The van der Waals surface area contributed by atoms with Crippen LogP contribution in [-0.4, -0.2) is 26.0 Å². The molecular formula is C11H26N2O. The second-order valence-corrected chi connectivity index (χ2v) is 2.91. The van der Waals surface area contributed by atoms with Crippen LogP contribution in [0.25, 0.3) is 0 Å². The first-order valence-corrected chi connectivity index (χ1v) is 5.72. The van der Waals surface area contributed by atoms with Gasteiger partial charge in [0.05, 0.1) is 0 Å².